The molecule has 0 unspecified atom stereocenters. The number of sulfonamides is 1. The van der Waals surface area contributed by atoms with Gasteiger partial charge >= 0.3 is 0 Å². The Balaban J connectivity index is 1.61. The monoisotopic (exact) mass is 424 g/mol. The molecule has 162 valence electrons. The zero-order chi connectivity index (χ0) is 20.9. The molecule has 1 saturated heterocycles. The van der Waals surface area contributed by atoms with Crippen molar-refractivity contribution in [3.8, 4) is 11.5 Å². The molecule has 0 N–H and O–H groups in total. The van der Waals surface area contributed by atoms with Gasteiger partial charge in [0.1, 0.15) is 13.2 Å². The van der Waals surface area contributed by atoms with E-state index in [2.05, 4.69) is 0 Å². The van der Waals surface area contributed by atoms with E-state index in [0.29, 0.717) is 58.7 Å². The number of rotatable bonds is 8. The van der Waals surface area contributed by atoms with Crippen molar-refractivity contribution >= 4 is 15.9 Å². The lowest BCUT2D eigenvalue weighted by molar-refractivity contribution is -0.137. The van der Waals surface area contributed by atoms with Gasteiger partial charge in [0, 0.05) is 37.7 Å². The van der Waals surface area contributed by atoms with Gasteiger partial charge in [0.05, 0.1) is 5.75 Å². The predicted molar refractivity (Wildman–Crippen MR) is 112 cm³/mol. The zero-order valence-electron chi connectivity index (χ0n) is 17.4. The Morgan fingerprint density at radius 2 is 1.90 bits per heavy atom. The van der Waals surface area contributed by atoms with Crippen LogP contribution in [0.4, 0.5) is 0 Å². The first kappa shape index (κ1) is 21.9. The summed E-state index contributed by atoms with van der Waals surface area (Å²) in [6.07, 6.45) is 2.69. The van der Waals surface area contributed by atoms with Crippen molar-refractivity contribution in [3.05, 3.63) is 23.8 Å². The van der Waals surface area contributed by atoms with Gasteiger partial charge in [0.25, 0.3) is 0 Å². The Labute approximate surface area is 174 Å². The largest absolute Gasteiger partial charge is 0.486 e. The molecule has 29 heavy (non-hydrogen) atoms. The third kappa shape index (κ3) is 5.22. The van der Waals surface area contributed by atoms with Crippen LogP contribution in [0.5, 0.6) is 11.5 Å². The molecular weight excluding hydrogens is 392 g/mol. The standard InChI is InChI=1S/C21H32N2O5S/c1-3-5-15-29(25,26)23-11-9-17(10-12-23)21(24)22(4-2)16-18-7-6-8-19-20(18)28-14-13-27-19/h6-8,17H,3-5,9-16H2,1-2H3. The summed E-state index contributed by atoms with van der Waals surface area (Å²) in [5.74, 6) is 1.60. The fourth-order valence-corrected chi connectivity index (χ4v) is 5.58. The number of hydrogen-bond donors (Lipinski definition) is 0. The van der Waals surface area contributed by atoms with E-state index >= 15 is 0 Å². The molecule has 3 rings (SSSR count). The molecular formula is C21H32N2O5S. The van der Waals surface area contributed by atoms with Gasteiger partial charge in [-0.05, 0) is 32.3 Å². The molecule has 0 radical (unpaired) electrons. The van der Waals surface area contributed by atoms with Gasteiger partial charge < -0.3 is 14.4 Å². The van der Waals surface area contributed by atoms with Gasteiger partial charge in [-0.3, -0.25) is 4.79 Å². The molecule has 1 aromatic carbocycles. The van der Waals surface area contributed by atoms with E-state index in [1.165, 1.54) is 0 Å². The Kier molecular flexibility index (Phi) is 7.40. The lowest BCUT2D eigenvalue weighted by Crippen LogP contribution is -2.44. The second-order valence-electron chi connectivity index (χ2n) is 7.64. The zero-order valence-corrected chi connectivity index (χ0v) is 18.2. The average molecular weight is 425 g/mol. The fraction of sp³-hybridized carbons (Fsp3) is 0.667. The van der Waals surface area contributed by atoms with Crippen LogP contribution < -0.4 is 9.47 Å². The van der Waals surface area contributed by atoms with Gasteiger partial charge in [0.15, 0.2) is 11.5 Å². The maximum absolute atomic E-state index is 13.1. The van der Waals surface area contributed by atoms with Crippen molar-refractivity contribution < 1.29 is 22.7 Å². The second-order valence-corrected chi connectivity index (χ2v) is 9.73. The summed E-state index contributed by atoms with van der Waals surface area (Å²) >= 11 is 0. The van der Waals surface area contributed by atoms with E-state index in [9.17, 15) is 13.2 Å². The molecule has 0 aromatic heterocycles. The van der Waals surface area contributed by atoms with Gasteiger partial charge in [-0.2, -0.15) is 0 Å². The Hall–Kier alpha value is -1.80. The molecule has 2 heterocycles. The molecule has 1 amide bonds. The molecule has 8 heteroatoms. The minimum atomic E-state index is -3.20. The first-order valence-electron chi connectivity index (χ1n) is 10.6. The van der Waals surface area contributed by atoms with E-state index in [1.807, 2.05) is 36.9 Å². The van der Waals surface area contributed by atoms with Crippen molar-refractivity contribution in [2.75, 3.05) is 38.6 Å². The smallest absolute Gasteiger partial charge is 0.226 e. The second kappa shape index (κ2) is 9.80. The molecule has 0 atom stereocenters. The van der Waals surface area contributed by atoms with Crippen LogP contribution in [0, 0.1) is 5.92 Å². The minimum absolute atomic E-state index is 0.0902. The number of nitrogens with zero attached hydrogens (tertiary/aromatic N) is 2. The summed E-state index contributed by atoms with van der Waals surface area (Å²) in [4.78, 5) is 14.9. The van der Waals surface area contributed by atoms with Crippen LogP contribution in [0.15, 0.2) is 18.2 Å². The molecule has 0 spiro atoms. The quantitative estimate of drug-likeness (QED) is 0.641. The van der Waals surface area contributed by atoms with Crippen molar-refractivity contribution in [1.29, 1.82) is 0 Å². The van der Waals surface area contributed by atoms with Crippen molar-refractivity contribution in [2.24, 2.45) is 5.92 Å². The van der Waals surface area contributed by atoms with E-state index in [4.69, 9.17) is 9.47 Å². The summed E-state index contributed by atoms with van der Waals surface area (Å²) in [7, 11) is -3.20. The van der Waals surface area contributed by atoms with Gasteiger partial charge in [-0.25, -0.2) is 12.7 Å². The van der Waals surface area contributed by atoms with Crippen LogP contribution in [-0.4, -0.2) is 62.1 Å². The average Bonchev–Trinajstić information content (AvgIpc) is 2.75. The highest BCUT2D eigenvalue weighted by Gasteiger charge is 2.33. The van der Waals surface area contributed by atoms with Crippen LogP contribution in [0.1, 0.15) is 45.1 Å². The molecule has 2 aliphatic rings. The van der Waals surface area contributed by atoms with Crippen LogP contribution in [0.2, 0.25) is 0 Å². The van der Waals surface area contributed by atoms with Gasteiger partial charge in [0.2, 0.25) is 15.9 Å². The number of piperidine rings is 1. The molecule has 7 nitrogen and oxygen atoms in total. The van der Waals surface area contributed by atoms with E-state index in [-0.39, 0.29) is 17.6 Å². The fourth-order valence-electron chi connectivity index (χ4n) is 3.90. The molecule has 0 aliphatic carbocycles. The van der Waals surface area contributed by atoms with Crippen LogP contribution >= 0.6 is 0 Å². The molecule has 0 bridgehead atoms. The number of amides is 1. The number of hydrogen-bond acceptors (Lipinski definition) is 5. The van der Waals surface area contributed by atoms with Crippen LogP contribution in [0.3, 0.4) is 0 Å². The Bertz CT molecular complexity index is 803. The molecule has 2 aliphatic heterocycles. The predicted octanol–water partition coefficient (Wildman–Crippen LogP) is 2.65. The highest BCUT2D eigenvalue weighted by atomic mass is 32.2. The topological polar surface area (TPSA) is 76.2 Å². The molecule has 1 aromatic rings. The normalized spacial score (nSPS) is 17.9. The van der Waals surface area contributed by atoms with Crippen LogP contribution in [-0.2, 0) is 21.4 Å². The number of unbranched alkanes of at least 4 members (excludes halogenated alkanes) is 1. The maximum Gasteiger partial charge on any atom is 0.226 e. The minimum Gasteiger partial charge on any atom is -0.486 e. The maximum atomic E-state index is 13.1. The summed E-state index contributed by atoms with van der Waals surface area (Å²) < 4.78 is 37.8. The number of carbonyl (C=O) groups excluding carboxylic acids is 1. The lowest BCUT2D eigenvalue weighted by Gasteiger charge is -2.33. The van der Waals surface area contributed by atoms with Crippen molar-refractivity contribution in [2.45, 2.75) is 46.1 Å². The Morgan fingerprint density at radius 3 is 2.59 bits per heavy atom. The number of benzene rings is 1. The van der Waals surface area contributed by atoms with E-state index in [1.54, 1.807) is 4.31 Å². The third-order valence-corrected chi connectivity index (χ3v) is 7.61. The summed E-state index contributed by atoms with van der Waals surface area (Å²) in [5, 5.41) is 0. The third-order valence-electron chi connectivity index (χ3n) is 5.65. The molecule has 0 saturated carbocycles. The number of ether oxygens (including phenoxy) is 2. The lowest BCUT2D eigenvalue weighted by atomic mass is 9.96. The number of carbonyl (C=O) groups is 1. The highest BCUT2D eigenvalue weighted by Crippen LogP contribution is 2.34. The van der Waals surface area contributed by atoms with Gasteiger partial charge in [-0.15, -0.1) is 0 Å². The van der Waals surface area contributed by atoms with E-state index in [0.717, 1.165) is 23.5 Å². The SMILES string of the molecule is CCCCS(=O)(=O)N1CCC(C(=O)N(CC)Cc2cccc3c2OCCO3)CC1. The van der Waals surface area contributed by atoms with Crippen molar-refractivity contribution in [3.63, 3.8) is 0 Å². The van der Waals surface area contributed by atoms with E-state index < -0.39 is 10.0 Å². The first-order valence-corrected chi connectivity index (χ1v) is 12.2. The first-order chi connectivity index (χ1) is 14.0. The summed E-state index contributed by atoms with van der Waals surface area (Å²) in [6, 6.07) is 5.76. The van der Waals surface area contributed by atoms with Crippen LogP contribution in [0.25, 0.3) is 0 Å². The van der Waals surface area contributed by atoms with Gasteiger partial charge in [-0.1, -0.05) is 25.5 Å². The number of para-hydroxylation sites is 1. The Morgan fingerprint density at radius 1 is 1.17 bits per heavy atom. The highest BCUT2D eigenvalue weighted by molar-refractivity contribution is 7.89. The molecule has 1 fully saturated rings. The summed E-state index contributed by atoms with van der Waals surface area (Å²) in [5.41, 5.74) is 0.942. The number of fused-ring (bicyclic) bond motifs is 1. The summed E-state index contributed by atoms with van der Waals surface area (Å²) in [6.45, 7) is 6.92. The van der Waals surface area contributed by atoms with Crippen molar-refractivity contribution in [1.82, 2.24) is 9.21 Å².